The highest BCUT2D eigenvalue weighted by Gasteiger charge is 2.70. The summed E-state index contributed by atoms with van der Waals surface area (Å²) in [5.74, 6) is 2.30. The van der Waals surface area contributed by atoms with Crippen LogP contribution >= 0.6 is 0 Å². The van der Waals surface area contributed by atoms with E-state index in [1.165, 1.54) is 0 Å². The van der Waals surface area contributed by atoms with Crippen LogP contribution in [0.4, 0.5) is 0 Å². The minimum atomic E-state index is -0.862. The van der Waals surface area contributed by atoms with Crippen LogP contribution in [-0.2, 0) is 19.1 Å². The quantitative estimate of drug-likeness (QED) is 0.428. The minimum Gasteiger partial charge on any atom is -0.347 e. The standard InChI is InChI=1S/C22H30O4/c1-6-19(4,15-23)14-17(24)20(5)16(3)8-9-21(7-2)10-11-22(18(20)21)25-12-13-26-22/h2,6,15-16,18H,1,8-14H2,3-5H3/t16-,18?,19+,20+,21+/m1/s1. The van der Waals surface area contributed by atoms with Gasteiger partial charge in [0, 0.05) is 35.0 Å². The van der Waals surface area contributed by atoms with E-state index in [-0.39, 0.29) is 29.5 Å². The fourth-order valence-electron chi connectivity index (χ4n) is 5.61. The molecule has 3 aliphatic rings. The Balaban J connectivity index is 2.07. The van der Waals surface area contributed by atoms with Gasteiger partial charge in [0.25, 0.3) is 0 Å². The second-order valence-electron chi connectivity index (χ2n) is 8.89. The van der Waals surface area contributed by atoms with Crippen LogP contribution in [0, 0.1) is 40.4 Å². The molecule has 0 N–H and O–H groups in total. The number of carbonyl (C=O) groups is 2. The van der Waals surface area contributed by atoms with Crippen molar-refractivity contribution in [2.45, 2.75) is 58.7 Å². The van der Waals surface area contributed by atoms with Crippen LogP contribution in [0.1, 0.15) is 52.9 Å². The Bertz CT molecular complexity index is 646. The Labute approximate surface area is 156 Å². The number of hydrogen-bond donors (Lipinski definition) is 0. The average molecular weight is 358 g/mol. The largest absolute Gasteiger partial charge is 0.347 e. The maximum atomic E-state index is 13.6. The van der Waals surface area contributed by atoms with Gasteiger partial charge in [0.05, 0.1) is 13.2 Å². The Kier molecular flexibility index (Phi) is 4.70. The summed E-state index contributed by atoms with van der Waals surface area (Å²) in [6, 6.07) is 0. The molecule has 0 amide bonds. The lowest BCUT2D eigenvalue weighted by molar-refractivity contribution is -0.232. The molecule has 4 nitrogen and oxygen atoms in total. The number of aldehydes is 1. The molecule has 1 aliphatic heterocycles. The maximum absolute atomic E-state index is 13.6. The molecule has 142 valence electrons. The van der Waals surface area contributed by atoms with Gasteiger partial charge >= 0.3 is 0 Å². The Morgan fingerprint density at radius 3 is 2.54 bits per heavy atom. The second-order valence-corrected chi connectivity index (χ2v) is 8.89. The predicted octanol–water partition coefficient (Wildman–Crippen LogP) is 3.55. The summed E-state index contributed by atoms with van der Waals surface area (Å²) in [6.07, 6.45) is 11.9. The van der Waals surface area contributed by atoms with E-state index in [0.29, 0.717) is 13.2 Å². The van der Waals surface area contributed by atoms with E-state index in [0.717, 1.165) is 32.0 Å². The summed E-state index contributed by atoms with van der Waals surface area (Å²) < 4.78 is 12.2. The number of ether oxygens (including phenoxy) is 2. The van der Waals surface area contributed by atoms with Crippen LogP contribution in [0.25, 0.3) is 0 Å². The van der Waals surface area contributed by atoms with Gasteiger partial charge in [0.2, 0.25) is 0 Å². The number of fused-ring (bicyclic) bond motifs is 2. The van der Waals surface area contributed by atoms with E-state index in [1.54, 1.807) is 13.0 Å². The zero-order valence-electron chi connectivity index (χ0n) is 16.2. The molecule has 1 spiro atoms. The molecule has 2 saturated carbocycles. The van der Waals surface area contributed by atoms with Crippen LogP contribution in [0.5, 0.6) is 0 Å². The first kappa shape index (κ1) is 19.3. The smallest absolute Gasteiger partial charge is 0.173 e. The minimum absolute atomic E-state index is 0.0594. The summed E-state index contributed by atoms with van der Waals surface area (Å²) in [5.41, 5.74) is -1.94. The number of hydrogen-bond acceptors (Lipinski definition) is 4. The normalized spacial score (nSPS) is 40.4. The lowest BCUT2D eigenvalue weighted by Gasteiger charge is -2.54. The van der Waals surface area contributed by atoms with E-state index < -0.39 is 16.6 Å². The van der Waals surface area contributed by atoms with Gasteiger partial charge in [0.1, 0.15) is 12.1 Å². The fourth-order valence-corrected chi connectivity index (χ4v) is 5.61. The lowest BCUT2D eigenvalue weighted by atomic mass is 9.49. The number of ketones is 1. The van der Waals surface area contributed by atoms with Crippen molar-refractivity contribution in [3.63, 3.8) is 0 Å². The fraction of sp³-hybridized carbons (Fsp3) is 0.727. The van der Waals surface area contributed by atoms with Crippen molar-refractivity contribution in [1.82, 2.24) is 0 Å². The number of allylic oxidation sites excluding steroid dienone is 1. The van der Waals surface area contributed by atoms with Gasteiger partial charge in [-0.3, -0.25) is 4.79 Å². The zero-order valence-corrected chi connectivity index (χ0v) is 16.2. The van der Waals surface area contributed by atoms with Gasteiger partial charge in [-0.05, 0) is 32.1 Å². The van der Waals surface area contributed by atoms with E-state index >= 15 is 0 Å². The molecular formula is C22H30O4. The van der Waals surface area contributed by atoms with Gasteiger partial charge in [-0.25, -0.2) is 0 Å². The van der Waals surface area contributed by atoms with E-state index in [1.807, 2.05) is 6.92 Å². The van der Waals surface area contributed by atoms with E-state index in [2.05, 4.69) is 19.4 Å². The van der Waals surface area contributed by atoms with Crippen molar-refractivity contribution < 1.29 is 19.1 Å². The summed E-state index contributed by atoms with van der Waals surface area (Å²) in [4.78, 5) is 25.2. The highest BCUT2D eigenvalue weighted by molar-refractivity contribution is 5.89. The van der Waals surface area contributed by atoms with Crippen molar-refractivity contribution >= 4 is 12.1 Å². The summed E-state index contributed by atoms with van der Waals surface area (Å²) >= 11 is 0. The average Bonchev–Trinajstić information content (AvgIpc) is 3.25. The monoisotopic (exact) mass is 358 g/mol. The molecule has 1 heterocycles. The number of Topliss-reactive ketones (excluding diaryl/α,β-unsaturated/α-hetero) is 1. The highest BCUT2D eigenvalue weighted by atomic mass is 16.7. The van der Waals surface area contributed by atoms with Crippen molar-refractivity contribution in [2.75, 3.05) is 13.2 Å². The van der Waals surface area contributed by atoms with Gasteiger partial charge in [-0.15, -0.1) is 13.0 Å². The molecule has 1 unspecified atom stereocenters. The summed E-state index contributed by atoms with van der Waals surface area (Å²) in [7, 11) is 0. The first-order valence-corrected chi connectivity index (χ1v) is 9.61. The van der Waals surface area contributed by atoms with Crippen LogP contribution in [0.3, 0.4) is 0 Å². The molecule has 4 heteroatoms. The molecule has 0 aromatic carbocycles. The molecule has 3 rings (SSSR count). The van der Waals surface area contributed by atoms with Gasteiger partial charge < -0.3 is 14.3 Å². The number of terminal acetylenes is 1. The topological polar surface area (TPSA) is 52.6 Å². The first-order valence-electron chi connectivity index (χ1n) is 9.61. The van der Waals surface area contributed by atoms with E-state index in [9.17, 15) is 9.59 Å². The van der Waals surface area contributed by atoms with Gasteiger partial charge in [-0.1, -0.05) is 25.8 Å². The third kappa shape index (κ3) is 2.52. The van der Waals surface area contributed by atoms with Crippen LogP contribution in [0.2, 0.25) is 0 Å². The zero-order chi connectivity index (χ0) is 19.2. The SMILES string of the molecule is C#C[C@@]12CC[C@@H](C)[C@@](C)(C(=O)C[C@](C)(C=C)C=O)C1C1(CC2)OCCO1. The van der Waals surface area contributed by atoms with Crippen molar-refractivity contribution in [1.29, 1.82) is 0 Å². The summed E-state index contributed by atoms with van der Waals surface area (Å²) in [5, 5.41) is 0. The van der Waals surface area contributed by atoms with Crippen LogP contribution < -0.4 is 0 Å². The van der Waals surface area contributed by atoms with Crippen LogP contribution in [0.15, 0.2) is 12.7 Å². The Hall–Kier alpha value is -1.44. The molecule has 2 aliphatic carbocycles. The molecule has 0 radical (unpaired) electrons. The number of carbonyl (C=O) groups excluding carboxylic acids is 2. The molecule has 26 heavy (non-hydrogen) atoms. The second kappa shape index (κ2) is 6.32. The predicted molar refractivity (Wildman–Crippen MR) is 99.1 cm³/mol. The van der Waals surface area contributed by atoms with E-state index in [4.69, 9.17) is 15.9 Å². The molecule has 5 atom stereocenters. The van der Waals surface area contributed by atoms with Gasteiger partial charge in [0.15, 0.2) is 5.79 Å². The third-order valence-electron chi connectivity index (χ3n) is 7.50. The van der Waals surface area contributed by atoms with Crippen molar-refractivity contribution in [3.8, 4) is 12.3 Å². The maximum Gasteiger partial charge on any atom is 0.173 e. The summed E-state index contributed by atoms with van der Waals surface area (Å²) in [6.45, 7) is 10.7. The molecule has 3 fully saturated rings. The molecule has 1 saturated heterocycles. The molecule has 0 bridgehead atoms. The van der Waals surface area contributed by atoms with Crippen molar-refractivity contribution in [2.24, 2.45) is 28.1 Å². The molecule has 0 aromatic rings. The highest BCUT2D eigenvalue weighted by Crippen LogP contribution is 2.67. The van der Waals surface area contributed by atoms with Gasteiger partial charge in [-0.2, -0.15) is 0 Å². The molecule has 0 aromatic heterocycles. The first-order chi connectivity index (χ1) is 12.2. The Morgan fingerprint density at radius 1 is 1.35 bits per heavy atom. The number of rotatable bonds is 5. The Morgan fingerprint density at radius 2 is 2.00 bits per heavy atom. The van der Waals surface area contributed by atoms with Crippen LogP contribution in [-0.4, -0.2) is 31.1 Å². The third-order valence-corrected chi connectivity index (χ3v) is 7.50. The van der Waals surface area contributed by atoms with Crippen molar-refractivity contribution in [3.05, 3.63) is 12.7 Å². The lowest BCUT2D eigenvalue weighted by Crippen LogP contribution is -2.58. The molecular weight excluding hydrogens is 328 g/mol.